The molecular weight excluding hydrogens is 470 g/mol. The number of anilines is 2. The summed E-state index contributed by atoms with van der Waals surface area (Å²) >= 11 is 0. The van der Waals surface area contributed by atoms with Crippen LogP contribution in [0.3, 0.4) is 0 Å². The fourth-order valence-electron chi connectivity index (χ4n) is 5.38. The fraction of sp³-hybridized carbons (Fsp3) is 0.286. The van der Waals surface area contributed by atoms with Crippen molar-refractivity contribution in [2.24, 2.45) is 0 Å². The van der Waals surface area contributed by atoms with Crippen LogP contribution in [0.5, 0.6) is 0 Å². The number of piperidine rings is 1. The van der Waals surface area contributed by atoms with Gasteiger partial charge in [-0.15, -0.1) is 0 Å². The molecule has 2 aromatic heterocycles. The number of aromatic nitrogens is 3. The van der Waals surface area contributed by atoms with Crippen molar-refractivity contribution in [3.8, 4) is 5.69 Å². The minimum atomic E-state index is -1.30. The average molecular weight is 498 g/mol. The lowest BCUT2D eigenvalue weighted by Gasteiger charge is -2.33. The molecule has 4 N–H and O–H groups in total. The maximum atomic E-state index is 12.9. The third-order valence-electron chi connectivity index (χ3n) is 7.35. The number of nitrogens with one attached hydrogen (secondary N) is 2. The Balaban J connectivity index is 1.43. The predicted octanol–water partition coefficient (Wildman–Crippen LogP) is 3.28. The molecule has 2 aliphatic rings. The van der Waals surface area contributed by atoms with Crippen molar-refractivity contribution in [2.45, 2.75) is 37.7 Å². The Morgan fingerprint density at radius 3 is 2.78 bits per heavy atom. The first-order chi connectivity index (χ1) is 17.9. The van der Waals surface area contributed by atoms with E-state index in [9.17, 15) is 19.8 Å². The number of carboxylic acid groups (broad SMARTS) is 1. The van der Waals surface area contributed by atoms with Crippen molar-refractivity contribution in [3.63, 3.8) is 0 Å². The Labute approximate surface area is 212 Å². The van der Waals surface area contributed by atoms with Crippen LogP contribution in [0.1, 0.15) is 46.3 Å². The van der Waals surface area contributed by atoms with E-state index < -0.39 is 17.0 Å². The standard InChI is InChI=1S/C28H27N5O4/c34-24-22-14-30-27(31-20-7-2-6-19(13-20)28(37)10-3-11-29-16-28)32-25(22)33(15-23(24)26(35)36)21-9-8-17-4-1-5-18(17)12-21/h2,6-9,12-15,29,37H,1,3-5,10-11,16H2,(H,35,36)(H,30,31,32). The van der Waals surface area contributed by atoms with Crippen LogP contribution >= 0.6 is 0 Å². The minimum Gasteiger partial charge on any atom is -0.477 e. The first-order valence-electron chi connectivity index (χ1n) is 12.5. The van der Waals surface area contributed by atoms with Crippen LogP contribution in [0, 0.1) is 0 Å². The summed E-state index contributed by atoms with van der Waals surface area (Å²) in [6.45, 7) is 1.38. The molecule has 3 heterocycles. The molecule has 1 fully saturated rings. The van der Waals surface area contributed by atoms with Gasteiger partial charge in [-0.25, -0.2) is 9.78 Å². The first kappa shape index (κ1) is 23.3. The van der Waals surface area contributed by atoms with Crippen LogP contribution in [0.2, 0.25) is 0 Å². The van der Waals surface area contributed by atoms with E-state index in [4.69, 9.17) is 0 Å². The summed E-state index contributed by atoms with van der Waals surface area (Å²) in [7, 11) is 0. The van der Waals surface area contributed by atoms with Crippen molar-refractivity contribution in [3.05, 3.63) is 87.3 Å². The molecule has 37 heavy (non-hydrogen) atoms. The van der Waals surface area contributed by atoms with E-state index in [2.05, 4.69) is 26.7 Å². The highest BCUT2D eigenvalue weighted by atomic mass is 16.4. The number of nitrogens with zero attached hydrogens (tertiary/aromatic N) is 3. The predicted molar refractivity (Wildman–Crippen MR) is 140 cm³/mol. The maximum Gasteiger partial charge on any atom is 0.341 e. The molecule has 1 aliphatic carbocycles. The van der Waals surface area contributed by atoms with Crippen LogP contribution in [0.25, 0.3) is 16.7 Å². The highest BCUT2D eigenvalue weighted by molar-refractivity contribution is 5.92. The summed E-state index contributed by atoms with van der Waals surface area (Å²) in [6.07, 6.45) is 7.35. The smallest absolute Gasteiger partial charge is 0.341 e. The number of β-amino-alcohol motifs (C(OH)–C–C–N with tert-alkyl or cyclic N) is 1. The van der Waals surface area contributed by atoms with Gasteiger partial charge in [0.25, 0.3) is 0 Å². The van der Waals surface area contributed by atoms with Crippen LogP contribution in [0.4, 0.5) is 11.6 Å². The number of pyridine rings is 1. The molecule has 6 rings (SSSR count). The van der Waals surface area contributed by atoms with Crippen molar-refractivity contribution in [1.82, 2.24) is 19.9 Å². The zero-order valence-electron chi connectivity index (χ0n) is 20.2. The monoisotopic (exact) mass is 497 g/mol. The van der Waals surface area contributed by atoms with Gasteiger partial charge in [-0.05, 0) is 79.6 Å². The molecule has 9 nitrogen and oxygen atoms in total. The Bertz CT molecular complexity index is 1590. The van der Waals surface area contributed by atoms with Crippen molar-refractivity contribution in [2.75, 3.05) is 18.4 Å². The van der Waals surface area contributed by atoms with E-state index in [1.54, 1.807) is 4.57 Å². The van der Waals surface area contributed by atoms with Crippen molar-refractivity contribution >= 4 is 28.6 Å². The number of aromatic carboxylic acids is 1. The molecular formula is C28H27N5O4. The molecule has 1 aliphatic heterocycles. The van der Waals surface area contributed by atoms with Gasteiger partial charge in [0, 0.05) is 30.3 Å². The molecule has 0 spiro atoms. The van der Waals surface area contributed by atoms with E-state index in [1.807, 2.05) is 36.4 Å². The molecule has 0 saturated carbocycles. The number of carboxylic acids is 1. The van der Waals surface area contributed by atoms with Gasteiger partial charge in [0.2, 0.25) is 11.4 Å². The molecule has 4 aromatic rings. The first-order valence-corrected chi connectivity index (χ1v) is 12.5. The van der Waals surface area contributed by atoms with Crippen LogP contribution in [0.15, 0.2) is 59.7 Å². The average Bonchev–Trinajstić information content (AvgIpc) is 3.37. The van der Waals surface area contributed by atoms with Gasteiger partial charge in [-0.2, -0.15) is 4.98 Å². The molecule has 1 saturated heterocycles. The van der Waals surface area contributed by atoms with Crippen LogP contribution in [-0.4, -0.2) is 43.8 Å². The highest BCUT2D eigenvalue weighted by Crippen LogP contribution is 2.31. The maximum absolute atomic E-state index is 12.9. The summed E-state index contributed by atoms with van der Waals surface area (Å²) in [5.74, 6) is -1.04. The Morgan fingerprint density at radius 1 is 1.11 bits per heavy atom. The molecule has 188 valence electrons. The third kappa shape index (κ3) is 4.26. The quantitative estimate of drug-likeness (QED) is 0.331. The lowest BCUT2D eigenvalue weighted by Crippen LogP contribution is -2.43. The van der Waals surface area contributed by atoms with Gasteiger partial charge in [0.05, 0.1) is 5.39 Å². The number of aryl methyl sites for hydroxylation is 2. The molecule has 2 aromatic carbocycles. The van der Waals surface area contributed by atoms with Gasteiger partial charge in [0.1, 0.15) is 11.2 Å². The van der Waals surface area contributed by atoms with Crippen molar-refractivity contribution < 1.29 is 15.0 Å². The van der Waals surface area contributed by atoms with E-state index in [1.165, 1.54) is 23.5 Å². The molecule has 1 unspecified atom stereocenters. The normalized spacial score (nSPS) is 19.1. The summed E-state index contributed by atoms with van der Waals surface area (Å²) in [6, 6.07) is 13.5. The number of fused-ring (bicyclic) bond motifs is 2. The van der Waals surface area contributed by atoms with Gasteiger partial charge >= 0.3 is 5.97 Å². The second kappa shape index (κ2) is 9.10. The van der Waals surface area contributed by atoms with Gasteiger partial charge in [0.15, 0.2) is 5.65 Å². The third-order valence-corrected chi connectivity index (χ3v) is 7.35. The summed E-state index contributed by atoms with van der Waals surface area (Å²) in [4.78, 5) is 33.7. The number of benzene rings is 2. The topological polar surface area (TPSA) is 129 Å². The summed E-state index contributed by atoms with van der Waals surface area (Å²) < 4.78 is 1.65. The zero-order valence-corrected chi connectivity index (χ0v) is 20.2. The van der Waals surface area contributed by atoms with E-state index in [-0.39, 0.29) is 16.9 Å². The Hall–Kier alpha value is -4.08. The lowest BCUT2D eigenvalue weighted by molar-refractivity contribution is 0.0123. The summed E-state index contributed by atoms with van der Waals surface area (Å²) in [5, 5.41) is 27.3. The Morgan fingerprint density at radius 2 is 1.97 bits per heavy atom. The van der Waals surface area contributed by atoms with Gasteiger partial charge in [-0.1, -0.05) is 18.2 Å². The highest BCUT2D eigenvalue weighted by Gasteiger charge is 2.31. The molecule has 0 bridgehead atoms. The molecule has 0 amide bonds. The fourth-order valence-corrected chi connectivity index (χ4v) is 5.38. The number of carbonyl (C=O) groups is 1. The van der Waals surface area contributed by atoms with Crippen LogP contribution < -0.4 is 16.1 Å². The second-order valence-corrected chi connectivity index (χ2v) is 9.80. The van der Waals surface area contributed by atoms with E-state index in [0.717, 1.165) is 43.5 Å². The molecule has 0 radical (unpaired) electrons. The molecule has 1 atom stereocenters. The van der Waals surface area contributed by atoms with E-state index >= 15 is 0 Å². The number of hydrogen-bond acceptors (Lipinski definition) is 7. The largest absolute Gasteiger partial charge is 0.477 e. The summed E-state index contributed by atoms with van der Waals surface area (Å²) in [5.41, 5.74) is 3.17. The Kier molecular flexibility index (Phi) is 5.73. The van der Waals surface area contributed by atoms with Crippen molar-refractivity contribution in [1.29, 1.82) is 0 Å². The zero-order chi connectivity index (χ0) is 25.6. The SMILES string of the molecule is O=C(O)c1cn(-c2ccc3c(c2)CCC3)c2nc(Nc3cccc(C4(O)CCCNC4)c3)ncc2c1=O. The second-order valence-electron chi connectivity index (χ2n) is 9.80. The minimum absolute atomic E-state index is 0.127. The van der Waals surface area contributed by atoms with Gasteiger partial charge in [-0.3, -0.25) is 4.79 Å². The lowest BCUT2D eigenvalue weighted by atomic mass is 9.86. The van der Waals surface area contributed by atoms with Crippen LogP contribution in [-0.2, 0) is 18.4 Å². The molecule has 9 heteroatoms. The number of aliphatic hydroxyl groups is 1. The number of rotatable bonds is 5. The van der Waals surface area contributed by atoms with Gasteiger partial charge < -0.3 is 25.4 Å². The number of hydrogen-bond donors (Lipinski definition) is 4. The van der Waals surface area contributed by atoms with E-state index in [0.29, 0.717) is 24.3 Å².